The Hall–Kier alpha value is -4.25. The maximum atomic E-state index is 12.4. The van der Waals surface area contributed by atoms with Gasteiger partial charge in [-0.3, -0.25) is 9.59 Å². The minimum absolute atomic E-state index is 0.00617. The zero-order valence-electron chi connectivity index (χ0n) is 16.7. The summed E-state index contributed by atoms with van der Waals surface area (Å²) in [5.74, 6) is -3.59. The van der Waals surface area contributed by atoms with Crippen LogP contribution in [-0.2, 0) is 0 Å². The average molecular weight is 483 g/mol. The average Bonchev–Trinajstić information content (AvgIpc) is 2.73. The second kappa shape index (κ2) is 12.0. The summed E-state index contributed by atoms with van der Waals surface area (Å²) in [6.07, 6.45) is 0. The highest BCUT2D eigenvalue weighted by Gasteiger charge is 2.08. The number of hydrogen-bond acceptors (Lipinski definition) is 6. The molecular formula is C21H18ClF3N4O4. The van der Waals surface area contributed by atoms with E-state index in [1.54, 1.807) is 0 Å². The molecule has 0 spiro atoms. The van der Waals surface area contributed by atoms with Crippen molar-refractivity contribution in [2.24, 2.45) is 5.73 Å². The van der Waals surface area contributed by atoms with Crippen LogP contribution in [0.25, 0.3) is 0 Å². The highest BCUT2D eigenvalue weighted by molar-refractivity contribution is 6.68. The van der Waals surface area contributed by atoms with Crippen molar-refractivity contribution < 1.29 is 32.7 Å². The van der Waals surface area contributed by atoms with Crippen LogP contribution in [0.5, 0.6) is 0 Å². The van der Waals surface area contributed by atoms with Gasteiger partial charge in [0.1, 0.15) is 17.5 Å². The minimum Gasteiger partial charge on any atom is -0.478 e. The lowest BCUT2D eigenvalue weighted by Crippen LogP contribution is -2.13. The molecule has 174 valence electrons. The minimum atomic E-state index is -1.22. The number of nitrogens with two attached hydrogens (primary N) is 4. The fourth-order valence-corrected chi connectivity index (χ4v) is 2.32. The number of aromatic carboxylic acids is 1. The molecule has 0 aliphatic heterocycles. The van der Waals surface area contributed by atoms with Gasteiger partial charge < -0.3 is 28.0 Å². The van der Waals surface area contributed by atoms with Crippen LogP contribution in [0.1, 0.15) is 31.1 Å². The van der Waals surface area contributed by atoms with Gasteiger partial charge in [-0.1, -0.05) is 0 Å². The molecule has 0 heterocycles. The van der Waals surface area contributed by atoms with Gasteiger partial charge in [0, 0.05) is 17.1 Å². The van der Waals surface area contributed by atoms with Crippen LogP contribution in [0, 0.1) is 17.5 Å². The monoisotopic (exact) mass is 482 g/mol. The first kappa shape index (κ1) is 26.8. The molecule has 12 heteroatoms. The SMILES string of the molecule is NC(=O)c1cc(F)ccc1N.Nc1ccc(F)cc1C(=O)Cl.Nc1ccc(F)cc1C(=O)O. The highest BCUT2D eigenvalue weighted by Crippen LogP contribution is 2.15. The molecule has 0 aromatic heterocycles. The maximum Gasteiger partial charge on any atom is 0.337 e. The summed E-state index contributed by atoms with van der Waals surface area (Å²) >= 11 is 5.09. The number of rotatable bonds is 3. The number of primary amides is 1. The Bertz CT molecular complexity index is 1050. The van der Waals surface area contributed by atoms with Crippen molar-refractivity contribution in [1.82, 2.24) is 0 Å². The molecule has 33 heavy (non-hydrogen) atoms. The van der Waals surface area contributed by atoms with Gasteiger partial charge in [-0.25, -0.2) is 18.0 Å². The van der Waals surface area contributed by atoms with Crippen LogP contribution in [0.15, 0.2) is 54.6 Å². The Morgan fingerprint density at radius 1 is 0.667 bits per heavy atom. The molecular weight excluding hydrogens is 465 g/mol. The number of carbonyl (C=O) groups excluding carboxylic acids is 2. The molecule has 3 aromatic rings. The third kappa shape index (κ3) is 8.42. The molecule has 3 aromatic carbocycles. The van der Waals surface area contributed by atoms with Crippen LogP contribution in [0.3, 0.4) is 0 Å². The van der Waals surface area contributed by atoms with Gasteiger partial charge in [0.2, 0.25) is 0 Å². The van der Waals surface area contributed by atoms with Crippen LogP contribution >= 0.6 is 11.6 Å². The lowest BCUT2D eigenvalue weighted by molar-refractivity contribution is 0.0697. The molecule has 9 N–H and O–H groups in total. The standard InChI is InChI=1S/C7H5ClFNO.C7H7FN2O.C7H6FNO2/c8-7(11)5-3-4(9)1-2-6(5)10;2*8-4-1-2-6(9)5(3-4)7(10)11/h1-3H,10H2;1-3H,9H2,(H2,10,11);1-3H,9H2,(H,10,11). The van der Waals surface area contributed by atoms with Gasteiger partial charge in [-0.05, 0) is 66.2 Å². The number of carboxylic acid groups (broad SMARTS) is 1. The van der Waals surface area contributed by atoms with Crippen molar-refractivity contribution in [1.29, 1.82) is 0 Å². The first-order valence-corrected chi connectivity index (χ1v) is 9.09. The smallest absolute Gasteiger partial charge is 0.337 e. The number of hydrogen-bond donors (Lipinski definition) is 5. The van der Waals surface area contributed by atoms with Crippen molar-refractivity contribution in [3.05, 3.63) is 88.7 Å². The van der Waals surface area contributed by atoms with Crippen LogP contribution in [-0.4, -0.2) is 22.2 Å². The van der Waals surface area contributed by atoms with Gasteiger partial charge in [0.15, 0.2) is 0 Å². The van der Waals surface area contributed by atoms with E-state index in [-0.39, 0.29) is 33.8 Å². The van der Waals surface area contributed by atoms with Crippen LogP contribution in [0.2, 0.25) is 0 Å². The van der Waals surface area contributed by atoms with Crippen molar-refractivity contribution >= 4 is 45.8 Å². The van der Waals surface area contributed by atoms with Gasteiger partial charge >= 0.3 is 5.97 Å². The molecule has 0 radical (unpaired) electrons. The van der Waals surface area contributed by atoms with Gasteiger partial charge in [-0.2, -0.15) is 0 Å². The number of nitrogen functional groups attached to an aromatic ring is 3. The highest BCUT2D eigenvalue weighted by atomic mass is 35.5. The quantitative estimate of drug-likeness (QED) is 0.280. The molecule has 3 rings (SSSR count). The van der Waals surface area contributed by atoms with Crippen molar-refractivity contribution in [3.8, 4) is 0 Å². The second-order valence-corrected chi connectivity index (χ2v) is 6.48. The van der Waals surface area contributed by atoms with Crippen molar-refractivity contribution in [3.63, 3.8) is 0 Å². The first-order chi connectivity index (χ1) is 15.3. The Kier molecular flexibility index (Phi) is 9.71. The Morgan fingerprint density at radius 3 is 1.27 bits per heavy atom. The van der Waals surface area contributed by atoms with Crippen LogP contribution < -0.4 is 22.9 Å². The fourth-order valence-electron chi connectivity index (χ4n) is 2.15. The molecule has 0 aliphatic carbocycles. The number of carbonyl (C=O) groups is 3. The summed E-state index contributed by atoms with van der Waals surface area (Å²) in [7, 11) is 0. The lowest BCUT2D eigenvalue weighted by atomic mass is 10.2. The molecule has 0 unspecified atom stereocenters. The first-order valence-electron chi connectivity index (χ1n) is 8.71. The summed E-state index contributed by atoms with van der Waals surface area (Å²) in [4.78, 5) is 31.4. The topological polar surface area (TPSA) is 176 Å². The van der Waals surface area contributed by atoms with E-state index in [4.69, 9.17) is 39.6 Å². The zero-order valence-corrected chi connectivity index (χ0v) is 17.4. The van der Waals surface area contributed by atoms with Gasteiger partial charge in [0.25, 0.3) is 11.1 Å². The number of halogens is 4. The summed E-state index contributed by atoms with van der Waals surface area (Å²) in [5.41, 5.74) is 21.1. The second-order valence-electron chi connectivity index (χ2n) is 6.14. The van der Waals surface area contributed by atoms with E-state index < -0.39 is 34.6 Å². The summed E-state index contributed by atoms with van der Waals surface area (Å²) < 4.78 is 37.3. The van der Waals surface area contributed by atoms with E-state index >= 15 is 0 Å². The van der Waals surface area contributed by atoms with Gasteiger partial charge in [-0.15, -0.1) is 0 Å². The van der Waals surface area contributed by atoms with Crippen molar-refractivity contribution in [2.45, 2.75) is 0 Å². The third-order valence-corrected chi connectivity index (χ3v) is 3.96. The normalized spacial score (nSPS) is 9.58. The fraction of sp³-hybridized carbons (Fsp3) is 0. The molecule has 0 aliphatic rings. The number of anilines is 3. The Morgan fingerprint density at radius 2 is 1.00 bits per heavy atom. The van der Waals surface area contributed by atoms with Crippen molar-refractivity contribution in [2.75, 3.05) is 17.2 Å². The molecule has 8 nitrogen and oxygen atoms in total. The van der Waals surface area contributed by atoms with E-state index in [1.165, 1.54) is 30.3 Å². The molecule has 0 atom stereocenters. The summed E-state index contributed by atoms with van der Waals surface area (Å²) in [6, 6.07) is 10.2. The van der Waals surface area contributed by atoms with E-state index in [0.29, 0.717) is 0 Å². The Labute approximate surface area is 190 Å². The van der Waals surface area contributed by atoms with E-state index in [2.05, 4.69) is 0 Å². The zero-order chi connectivity index (χ0) is 25.3. The summed E-state index contributed by atoms with van der Waals surface area (Å²) in [6.45, 7) is 0. The maximum absolute atomic E-state index is 12.4. The molecule has 0 bridgehead atoms. The van der Waals surface area contributed by atoms with E-state index in [1.807, 2.05) is 0 Å². The predicted octanol–water partition coefficient (Wildman–Crippen LogP) is 3.40. The number of amides is 1. The molecule has 0 fully saturated rings. The van der Waals surface area contributed by atoms with E-state index in [9.17, 15) is 27.6 Å². The van der Waals surface area contributed by atoms with Crippen LogP contribution in [0.4, 0.5) is 30.2 Å². The van der Waals surface area contributed by atoms with E-state index in [0.717, 1.165) is 24.3 Å². The summed E-state index contributed by atoms with van der Waals surface area (Å²) in [5, 5.41) is 7.70. The molecule has 0 saturated heterocycles. The third-order valence-electron chi connectivity index (χ3n) is 3.75. The Balaban J connectivity index is 0.000000247. The number of benzene rings is 3. The number of carboxylic acids is 1. The predicted molar refractivity (Wildman–Crippen MR) is 118 cm³/mol. The largest absolute Gasteiger partial charge is 0.478 e. The lowest BCUT2D eigenvalue weighted by Gasteiger charge is -1.99. The molecule has 0 saturated carbocycles. The molecule has 1 amide bonds. The van der Waals surface area contributed by atoms with Gasteiger partial charge in [0.05, 0.1) is 16.7 Å².